The molecular weight excluding hydrogens is 291 g/mol. The van der Waals surface area contributed by atoms with E-state index in [4.69, 9.17) is 0 Å². The number of Topliss-reactive ketones (excluding diaryl/α,β-unsaturated/α-hetero) is 1. The Morgan fingerprint density at radius 1 is 1.29 bits per heavy atom. The van der Waals surface area contributed by atoms with E-state index in [0.29, 0.717) is 0 Å². The Kier molecular flexibility index (Phi) is 5.40. The van der Waals surface area contributed by atoms with Crippen LogP contribution in [0, 0.1) is 12.3 Å². The van der Waals surface area contributed by atoms with Gasteiger partial charge in [-0.1, -0.05) is 0 Å². The quantitative estimate of drug-likeness (QED) is 0.596. The van der Waals surface area contributed by atoms with Gasteiger partial charge in [-0.3, -0.25) is 22.8 Å². The van der Waals surface area contributed by atoms with Crippen molar-refractivity contribution in [1.82, 2.24) is 4.73 Å². The number of halogens is 3. The lowest BCUT2D eigenvalue weighted by atomic mass is 9.86. The predicted molar refractivity (Wildman–Crippen MR) is 68.2 cm³/mol. The minimum absolute atomic E-state index is 0.0136. The third kappa shape index (κ3) is 3.37. The van der Waals surface area contributed by atoms with Crippen molar-refractivity contribution in [2.45, 2.75) is 19.8 Å². The summed E-state index contributed by atoms with van der Waals surface area (Å²) in [6.07, 6.45) is -0.975. The second-order valence-corrected chi connectivity index (χ2v) is 4.99. The van der Waals surface area contributed by atoms with Crippen molar-refractivity contribution < 1.29 is 28.3 Å². The van der Waals surface area contributed by atoms with Crippen LogP contribution in [0.2, 0.25) is 0 Å². The lowest BCUT2D eigenvalue weighted by Crippen LogP contribution is -2.31. The number of ketones is 1. The maximum absolute atomic E-state index is 12.7. The summed E-state index contributed by atoms with van der Waals surface area (Å²) in [4.78, 5) is 23.6. The molecule has 1 rings (SSSR count). The first-order chi connectivity index (χ1) is 9.81. The number of pyridine rings is 1. The van der Waals surface area contributed by atoms with Crippen molar-refractivity contribution in [2.75, 3.05) is 20.0 Å². The molecule has 0 spiro atoms. The first kappa shape index (κ1) is 17.1. The van der Waals surface area contributed by atoms with E-state index in [1.165, 1.54) is 6.92 Å². The molecule has 5 nitrogen and oxygen atoms in total. The largest absolute Gasteiger partial charge is 0.507 e. The molecule has 0 fully saturated rings. The third-order valence-electron chi connectivity index (χ3n) is 3.35. The molecule has 8 heteroatoms. The number of carbonyl (C=O) groups excluding carboxylic acids is 1. The Bertz CT molecular complexity index is 573. The Balaban J connectivity index is 3.02. The molecule has 1 aromatic rings. The molecule has 0 amide bonds. The number of aromatic hydroxyl groups is 1. The normalized spacial score (nSPS) is 11.6. The Hall–Kier alpha value is -1.99. The summed E-state index contributed by atoms with van der Waals surface area (Å²) in [6.45, 7) is -2.51. The molecule has 118 valence electrons. The minimum Gasteiger partial charge on any atom is -0.507 e. The number of aromatic nitrogens is 1. The Morgan fingerprint density at radius 2 is 1.81 bits per heavy atom. The van der Waals surface area contributed by atoms with Gasteiger partial charge in [0, 0.05) is 12.5 Å². The highest BCUT2D eigenvalue weighted by Gasteiger charge is 2.32. The highest BCUT2D eigenvalue weighted by molar-refractivity contribution is 5.98. The monoisotopic (exact) mass is 307 g/mol. The molecule has 0 radical (unpaired) electrons. The summed E-state index contributed by atoms with van der Waals surface area (Å²) in [6, 6.07) is 1.00. The number of hydrogen-bond acceptors (Lipinski definition) is 4. The highest BCUT2D eigenvalue weighted by Crippen LogP contribution is 2.28. The maximum Gasteiger partial charge on any atom is 0.297 e. The van der Waals surface area contributed by atoms with E-state index in [2.05, 4.69) is 0 Å². The van der Waals surface area contributed by atoms with Crippen LogP contribution in [0.15, 0.2) is 10.9 Å². The summed E-state index contributed by atoms with van der Waals surface area (Å²) in [5.74, 6) is -1.56. The number of nitrogens with zero attached hydrogens (tertiary/aromatic N) is 1. The zero-order chi connectivity index (χ0) is 16.2. The van der Waals surface area contributed by atoms with Gasteiger partial charge in [0.05, 0.1) is 11.1 Å². The van der Waals surface area contributed by atoms with E-state index < -0.39 is 60.9 Å². The SMILES string of the molecule is Cc1cc(O)c(C(=O)CCC(CF)(CF)CF)c(=O)n1O. The zero-order valence-electron chi connectivity index (χ0n) is 11.4. The van der Waals surface area contributed by atoms with Crippen molar-refractivity contribution in [3.05, 3.63) is 27.7 Å². The van der Waals surface area contributed by atoms with Crippen LogP contribution in [0.4, 0.5) is 13.2 Å². The van der Waals surface area contributed by atoms with Gasteiger partial charge >= 0.3 is 0 Å². The van der Waals surface area contributed by atoms with Crippen molar-refractivity contribution in [3.63, 3.8) is 0 Å². The zero-order valence-corrected chi connectivity index (χ0v) is 11.4. The van der Waals surface area contributed by atoms with Crippen LogP contribution in [-0.2, 0) is 0 Å². The van der Waals surface area contributed by atoms with Gasteiger partial charge in [-0.15, -0.1) is 0 Å². The Labute approximate surface area is 118 Å². The lowest BCUT2D eigenvalue weighted by molar-refractivity contribution is 0.0823. The van der Waals surface area contributed by atoms with Crippen LogP contribution in [0.3, 0.4) is 0 Å². The molecular formula is C13H16F3NO4. The van der Waals surface area contributed by atoms with Gasteiger partial charge in [0.1, 0.15) is 31.3 Å². The fourth-order valence-electron chi connectivity index (χ4n) is 1.78. The van der Waals surface area contributed by atoms with E-state index in [9.17, 15) is 33.1 Å². The van der Waals surface area contributed by atoms with Crippen LogP contribution in [-0.4, -0.2) is 40.9 Å². The van der Waals surface area contributed by atoms with Gasteiger partial charge < -0.3 is 10.3 Å². The molecule has 2 N–H and O–H groups in total. The fraction of sp³-hybridized carbons (Fsp3) is 0.538. The van der Waals surface area contributed by atoms with Gasteiger partial charge in [0.15, 0.2) is 5.78 Å². The molecule has 1 aromatic heterocycles. The van der Waals surface area contributed by atoms with Gasteiger partial charge in [0.2, 0.25) is 0 Å². The standard InChI is InChI=1S/C13H16F3NO4/c1-8-4-10(19)11(12(20)17(8)21)9(18)2-3-13(5-14,6-15)7-16/h4,19,21H,2-3,5-7H2,1H3. The molecule has 0 aliphatic heterocycles. The summed E-state index contributed by atoms with van der Waals surface area (Å²) in [7, 11) is 0. The Morgan fingerprint density at radius 3 is 2.29 bits per heavy atom. The van der Waals surface area contributed by atoms with Crippen molar-refractivity contribution in [3.8, 4) is 5.75 Å². The molecule has 21 heavy (non-hydrogen) atoms. The average molecular weight is 307 g/mol. The second kappa shape index (κ2) is 6.64. The second-order valence-electron chi connectivity index (χ2n) is 4.99. The number of rotatable bonds is 7. The molecule has 0 saturated carbocycles. The molecule has 0 atom stereocenters. The summed E-state index contributed by atoms with van der Waals surface area (Å²) < 4.78 is 38.3. The lowest BCUT2D eigenvalue weighted by Gasteiger charge is -2.23. The molecule has 0 bridgehead atoms. The average Bonchev–Trinajstić information content (AvgIpc) is 2.47. The molecule has 1 heterocycles. The van der Waals surface area contributed by atoms with Crippen LogP contribution in [0.1, 0.15) is 28.9 Å². The van der Waals surface area contributed by atoms with Crippen LogP contribution >= 0.6 is 0 Å². The van der Waals surface area contributed by atoms with Crippen molar-refractivity contribution in [1.29, 1.82) is 0 Å². The number of hydrogen-bond donors (Lipinski definition) is 2. The van der Waals surface area contributed by atoms with Crippen LogP contribution < -0.4 is 5.56 Å². The summed E-state index contributed by atoms with van der Waals surface area (Å²) in [5.41, 5.74) is -3.72. The van der Waals surface area contributed by atoms with Crippen molar-refractivity contribution >= 4 is 5.78 Å². The maximum atomic E-state index is 12.7. The van der Waals surface area contributed by atoms with E-state index >= 15 is 0 Å². The highest BCUT2D eigenvalue weighted by atomic mass is 19.1. The van der Waals surface area contributed by atoms with Crippen LogP contribution in [0.25, 0.3) is 0 Å². The number of carbonyl (C=O) groups is 1. The van der Waals surface area contributed by atoms with E-state index in [0.717, 1.165) is 6.07 Å². The molecule has 0 aliphatic rings. The molecule has 0 aliphatic carbocycles. The molecule has 0 unspecified atom stereocenters. The van der Waals surface area contributed by atoms with Crippen LogP contribution in [0.5, 0.6) is 5.75 Å². The van der Waals surface area contributed by atoms with E-state index in [1.54, 1.807) is 0 Å². The van der Waals surface area contributed by atoms with Gasteiger partial charge in [-0.25, -0.2) is 0 Å². The first-order valence-electron chi connectivity index (χ1n) is 6.18. The molecule has 0 aromatic carbocycles. The van der Waals surface area contributed by atoms with Gasteiger partial charge in [0.25, 0.3) is 5.56 Å². The first-order valence-corrected chi connectivity index (χ1v) is 6.18. The number of aryl methyl sites for hydroxylation is 1. The number of alkyl halides is 3. The summed E-state index contributed by atoms with van der Waals surface area (Å²) >= 11 is 0. The minimum atomic E-state index is -1.91. The topological polar surface area (TPSA) is 79.5 Å². The van der Waals surface area contributed by atoms with Gasteiger partial charge in [-0.2, -0.15) is 4.73 Å². The summed E-state index contributed by atoms with van der Waals surface area (Å²) in [5, 5.41) is 19.0. The van der Waals surface area contributed by atoms with E-state index in [-0.39, 0.29) is 10.4 Å². The van der Waals surface area contributed by atoms with Crippen molar-refractivity contribution in [2.24, 2.45) is 5.41 Å². The third-order valence-corrected chi connectivity index (χ3v) is 3.35. The van der Waals surface area contributed by atoms with E-state index in [1.807, 2.05) is 0 Å². The fourth-order valence-corrected chi connectivity index (χ4v) is 1.78. The predicted octanol–water partition coefficient (Wildman–Crippen LogP) is 1.96. The molecule has 0 saturated heterocycles. The smallest absolute Gasteiger partial charge is 0.297 e. The van der Waals surface area contributed by atoms with Gasteiger partial charge in [-0.05, 0) is 13.3 Å².